The third-order valence-corrected chi connectivity index (χ3v) is 5.39. The van der Waals surface area contributed by atoms with Crippen LogP contribution in [0, 0.1) is 5.41 Å². The summed E-state index contributed by atoms with van der Waals surface area (Å²) in [5.41, 5.74) is 5.18. The fraction of sp³-hybridized carbons (Fsp3) is 0.571. The van der Waals surface area contributed by atoms with Crippen LogP contribution in [0.15, 0.2) is 15.9 Å². The molecule has 0 unspecified atom stereocenters. The molecule has 0 saturated heterocycles. The molecular weight excluding hydrogens is 356 g/mol. The van der Waals surface area contributed by atoms with Gasteiger partial charge >= 0.3 is 0 Å². The minimum absolute atomic E-state index is 0.0433. The van der Waals surface area contributed by atoms with Gasteiger partial charge in [-0.05, 0) is 34.8 Å². The number of nitrogens with two attached hydrogens (primary N) is 1. The van der Waals surface area contributed by atoms with Gasteiger partial charge in [0.05, 0.1) is 16.9 Å². The molecule has 20 heavy (non-hydrogen) atoms. The first-order valence-corrected chi connectivity index (χ1v) is 8.85. The maximum atomic E-state index is 12.6. The molecule has 1 aromatic heterocycles. The van der Waals surface area contributed by atoms with Crippen molar-refractivity contribution in [2.24, 2.45) is 11.1 Å². The van der Waals surface area contributed by atoms with Gasteiger partial charge in [-0.25, -0.2) is 0 Å². The average molecular weight is 377 g/mol. The molecule has 1 amide bonds. The Balaban J connectivity index is 2.79. The van der Waals surface area contributed by atoms with Gasteiger partial charge in [0.25, 0.3) is 0 Å². The zero-order chi connectivity index (χ0) is 15.2. The molecule has 0 saturated carbocycles. The normalized spacial score (nSPS) is 11.3. The Morgan fingerprint density at radius 1 is 1.45 bits per heavy atom. The summed E-state index contributed by atoms with van der Waals surface area (Å²) in [4.78, 5) is 14.0. The zero-order valence-corrected chi connectivity index (χ0v) is 15.1. The van der Waals surface area contributed by atoms with Crippen molar-refractivity contribution in [1.29, 1.82) is 0 Å². The summed E-state index contributed by atoms with van der Waals surface area (Å²) < 4.78 is 1.04. The van der Waals surface area contributed by atoms with E-state index in [1.54, 1.807) is 11.3 Å². The minimum atomic E-state index is -0.701. The summed E-state index contributed by atoms with van der Waals surface area (Å²) in [6, 6.07) is 2.01. The fourth-order valence-electron chi connectivity index (χ4n) is 2.35. The van der Waals surface area contributed by atoms with Crippen LogP contribution >= 0.6 is 39.5 Å². The molecule has 1 rings (SSSR count). The largest absolute Gasteiger partial charge is 0.392 e. The lowest BCUT2D eigenvalue weighted by molar-refractivity contribution is -0.128. The van der Waals surface area contributed by atoms with Crippen molar-refractivity contribution in [2.45, 2.75) is 46.1 Å². The lowest BCUT2D eigenvalue weighted by Gasteiger charge is -2.31. The van der Waals surface area contributed by atoms with Gasteiger partial charge in [0.15, 0.2) is 0 Å². The number of hydrogen-bond donors (Lipinski definition) is 2. The number of halogens is 1. The second-order valence-electron chi connectivity index (χ2n) is 4.86. The Hall–Kier alpha value is -0.460. The van der Waals surface area contributed by atoms with Crippen LogP contribution < -0.4 is 11.1 Å². The highest BCUT2D eigenvalue weighted by Crippen LogP contribution is 2.31. The molecule has 1 aromatic rings. The van der Waals surface area contributed by atoms with Crippen molar-refractivity contribution in [3.8, 4) is 0 Å². The summed E-state index contributed by atoms with van der Waals surface area (Å²) in [6.07, 6.45) is 3.18. The van der Waals surface area contributed by atoms with Crippen LogP contribution in [0.2, 0.25) is 0 Å². The average Bonchev–Trinajstić information content (AvgIpc) is 2.81. The summed E-state index contributed by atoms with van der Waals surface area (Å²) in [5.74, 6) is -0.0433. The Labute approximate surface area is 138 Å². The van der Waals surface area contributed by atoms with E-state index in [2.05, 4.69) is 21.2 Å². The second-order valence-corrected chi connectivity index (χ2v) is 7.21. The van der Waals surface area contributed by atoms with Gasteiger partial charge in [-0.2, -0.15) is 0 Å². The SMILES string of the molecule is CCCC(CCC)(C(=O)NCc1cc(Br)cs1)C(N)=S. The van der Waals surface area contributed by atoms with E-state index in [0.29, 0.717) is 24.4 Å². The third-order valence-electron chi connectivity index (χ3n) is 3.30. The molecule has 0 aliphatic carbocycles. The first kappa shape index (κ1) is 17.6. The molecule has 3 N–H and O–H groups in total. The minimum Gasteiger partial charge on any atom is -0.392 e. The zero-order valence-electron chi connectivity index (χ0n) is 11.9. The van der Waals surface area contributed by atoms with Gasteiger partial charge in [-0.15, -0.1) is 11.3 Å². The molecule has 0 spiro atoms. The summed E-state index contributed by atoms with van der Waals surface area (Å²) >= 11 is 10.2. The summed E-state index contributed by atoms with van der Waals surface area (Å²) in [7, 11) is 0. The quantitative estimate of drug-likeness (QED) is 0.674. The van der Waals surface area contributed by atoms with Crippen molar-refractivity contribution >= 4 is 50.4 Å². The van der Waals surface area contributed by atoms with Gasteiger partial charge in [-0.3, -0.25) is 4.79 Å². The van der Waals surface area contributed by atoms with Crippen LogP contribution in [0.25, 0.3) is 0 Å². The molecule has 0 radical (unpaired) electrons. The molecule has 1 heterocycles. The molecule has 0 atom stereocenters. The smallest absolute Gasteiger partial charge is 0.233 e. The molecule has 0 aliphatic heterocycles. The molecule has 3 nitrogen and oxygen atoms in total. The number of carbonyl (C=O) groups is 1. The first-order valence-electron chi connectivity index (χ1n) is 6.77. The van der Waals surface area contributed by atoms with Crippen LogP contribution in [-0.2, 0) is 11.3 Å². The lowest BCUT2D eigenvalue weighted by atomic mass is 9.78. The van der Waals surface area contributed by atoms with E-state index >= 15 is 0 Å². The van der Waals surface area contributed by atoms with E-state index in [1.807, 2.05) is 25.3 Å². The first-order chi connectivity index (χ1) is 9.46. The molecule has 0 bridgehead atoms. The van der Waals surface area contributed by atoms with Gasteiger partial charge in [0.2, 0.25) is 5.91 Å². The number of nitrogens with one attached hydrogen (secondary N) is 1. The molecule has 6 heteroatoms. The Morgan fingerprint density at radius 3 is 2.45 bits per heavy atom. The molecule has 0 aliphatic rings. The standard InChI is InChI=1S/C14H21BrN2OS2/c1-3-5-14(6-4-2,12(16)19)13(18)17-8-11-7-10(15)9-20-11/h7,9H,3-6,8H2,1-2H3,(H2,16,19)(H,17,18). The molecule has 112 valence electrons. The van der Waals surface area contributed by atoms with Crippen molar-refractivity contribution in [1.82, 2.24) is 5.32 Å². The van der Waals surface area contributed by atoms with Crippen molar-refractivity contribution in [3.63, 3.8) is 0 Å². The molecule has 0 fully saturated rings. The van der Waals surface area contributed by atoms with E-state index in [0.717, 1.165) is 22.2 Å². The highest BCUT2D eigenvalue weighted by atomic mass is 79.9. The number of hydrogen-bond acceptors (Lipinski definition) is 3. The van der Waals surface area contributed by atoms with E-state index in [9.17, 15) is 4.79 Å². The van der Waals surface area contributed by atoms with Gasteiger partial charge < -0.3 is 11.1 Å². The number of amides is 1. The van der Waals surface area contributed by atoms with Crippen LogP contribution in [0.3, 0.4) is 0 Å². The van der Waals surface area contributed by atoms with E-state index in [-0.39, 0.29) is 5.91 Å². The van der Waals surface area contributed by atoms with E-state index in [1.165, 1.54) is 0 Å². The Bertz CT molecular complexity index is 467. The Morgan fingerprint density at radius 2 is 2.05 bits per heavy atom. The van der Waals surface area contributed by atoms with Crippen molar-refractivity contribution < 1.29 is 4.79 Å². The van der Waals surface area contributed by atoms with Crippen LogP contribution in [0.1, 0.15) is 44.4 Å². The highest BCUT2D eigenvalue weighted by molar-refractivity contribution is 9.10. The van der Waals surface area contributed by atoms with Crippen molar-refractivity contribution in [3.05, 3.63) is 20.8 Å². The number of rotatable bonds is 8. The third kappa shape index (κ3) is 4.27. The van der Waals surface area contributed by atoms with Crippen molar-refractivity contribution in [2.75, 3.05) is 0 Å². The maximum absolute atomic E-state index is 12.6. The van der Waals surface area contributed by atoms with Crippen LogP contribution in [0.5, 0.6) is 0 Å². The van der Waals surface area contributed by atoms with Gasteiger partial charge in [-0.1, -0.05) is 38.9 Å². The lowest BCUT2D eigenvalue weighted by Crippen LogP contribution is -2.48. The van der Waals surface area contributed by atoms with Crippen LogP contribution in [0.4, 0.5) is 0 Å². The summed E-state index contributed by atoms with van der Waals surface area (Å²) in [5, 5.41) is 4.99. The highest BCUT2D eigenvalue weighted by Gasteiger charge is 2.39. The van der Waals surface area contributed by atoms with E-state index in [4.69, 9.17) is 18.0 Å². The molecular formula is C14H21BrN2OS2. The number of thiophene rings is 1. The Kier molecular flexibility index (Phi) is 7.12. The van der Waals surface area contributed by atoms with Gasteiger partial charge in [0, 0.05) is 14.7 Å². The number of carbonyl (C=O) groups excluding carboxylic acids is 1. The monoisotopic (exact) mass is 376 g/mol. The summed E-state index contributed by atoms with van der Waals surface area (Å²) in [6.45, 7) is 4.62. The second kappa shape index (κ2) is 8.10. The van der Waals surface area contributed by atoms with Crippen LogP contribution in [-0.4, -0.2) is 10.9 Å². The molecule has 0 aromatic carbocycles. The number of thiocarbonyl (C=S) groups is 1. The van der Waals surface area contributed by atoms with E-state index < -0.39 is 5.41 Å². The fourth-order valence-corrected chi connectivity index (χ4v) is 4.03. The maximum Gasteiger partial charge on any atom is 0.233 e. The topological polar surface area (TPSA) is 55.1 Å². The predicted molar refractivity (Wildman–Crippen MR) is 92.9 cm³/mol. The predicted octanol–water partition coefficient (Wildman–Crippen LogP) is 4.00. The van der Waals surface area contributed by atoms with Gasteiger partial charge in [0.1, 0.15) is 0 Å².